The second kappa shape index (κ2) is 8.03. The number of sulfonamides is 1. The van der Waals surface area contributed by atoms with Gasteiger partial charge in [-0.25, -0.2) is 13.1 Å². The first-order chi connectivity index (χ1) is 7.31. The molecule has 0 spiro atoms. The van der Waals surface area contributed by atoms with E-state index in [1.165, 1.54) is 19.1 Å². The largest absolute Gasteiger partial charge is 0.314 e. The molecule has 16 heavy (non-hydrogen) atoms. The highest BCUT2D eigenvalue weighted by Crippen LogP contribution is 2.05. The van der Waals surface area contributed by atoms with Crippen LogP contribution in [0.5, 0.6) is 0 Å². The van der Waals surface area contributed by atoms with E-state index in [1.54, 1.807) is 0 Å². The maximum absolute atomic E-state index is 10.8. The van der Waals surface area contributed by atoms with Gasteiger partial charge in [0.2, 0.25) is 10.0 Å². The molecule has 5 heteroatoms. The summed E-state index contributed by atoms with van der Waals surface area (Å²) in [5, 5.41) is 3.39. The predicted octanol–water partition coefficient (Wildman–Crippen LogP) is 1.34. The van der Waals surface area contributed by atoms with E-state index in [9.17, 15) is 8.42 Å². The Bertz CT molecular complexity index is 263. The van der Waals surface area contributed by atoms with Crippen LogP contribution in [0.15, 0.2) is 0 Å². The summed E-state index contributed by atoms with van der Waals surface area (Å²) >= 11 is 0. The molecule has 0 aromatic carbocycles. The summed E-state index contributed by atoms with van der Waals surface area (Å²) < 4.78 is 24.0. The summed E-state index contributed by atoms with van der Waals surface area (Å²) in [7, 11) is -3.02. The molecular formula is C11H26N2O2S. The fourth-order valence-electron chi connectivity index (χ4n) is 1.38. The van der Waals surface area contributed by atoms with E-state index in [-0.39, 0.29) is 0 Å². The van der Waals surface area contributed by atoms with Crippen LogP contribution in [-0.4, -0.2) is 33.8 Å². The average molecular weight is 250 g/mol. The van der Waals surface area contributed by atoms with Gasteiger partial charge in [-0.2, -0.15) is 0 Å². The van der Waals surface area contributed by atoms with E-state index in [0.29, 0.717) is 12.6 Å². The molecule has 98 valence electrons. The Kier molecular flexibility index (Phi) is 7.97. The Balaban J connectivity index is 3.38. The Labute approximate surface area is 100 Å². The minimum atomic E-state index is -3.02. The van der Waals surface area contributed by atoms with Crippen molar-refractivity contribution < 1.29 is 8.42 Å². The fourth-order valence-corrected chi connectivity index (χ4v) is 1.89. The van der Waals surface area contributed by atoms with Crippen LogP contribution in [0.1, 0.15) is 40.0 Å². The van der Waals surface area contributed by atoms with Gasteiger partial charge in [-0.1, -0.05) is 13.8 Å². The molecule has 0 aliphatic rings. The second-order valence-corrected chi connectivity index (χ2v) is 6.68. The molecule has 0 aliphatic carbocycles. The molecule has 1 atom stereocenters. The lowest BCUT2D eigenvalue weighted by atomic mass is 10.0. The van der Waals surface area contributed by atoms with Gasteiger partial charge in [0.1, 0.15) is 0 Å². The van der Waals surface area contributed by atoms with Crippen LogP contribution >= 0.6 is 0 Å². The summed E-state index contributed by atoms with van der Waals surface area (Å²) in [6.45, 7) is 8.00. The van der Waals surface area contributed by atoms with Crippen molar-refractivity contribution in [3.05, 3.63) is 0 Å². The van der Waals surface area contributed by atoms with Crippen molar-refractivity contribution in [2.24, 2.45) is 5.92 Å². The highest BCUT2D eigenvalue weighted by atomic mass is 32.2. The Morgan fingerprint density at radius 3 is 2.19 bits per heavy atom. The van der Waals surface area contributed by atoms with Gasteiger partial charge in [0.25, 0.3) is 0 Å². The molecule has 0 rings (SSSR count). The third-order valence-corrected chi connectivity index (χ3v) is 3.12. The molecule has 0 saturated heterocycles. The molecule has 2 N–H and O–H groups in total. The zero-order chi connectivity index (χ0) is 12.6. The molecule has 4 nitrogen and oxygen atoms in total. The van der Waals surface area contributed by atoms with Crippen molar-refractivity contribution in [3.8, 4) is 0 Å². The van der Waals surface area contributed by atoms with Gasteiger partial charge < -0.3 is 5.32 Å². The van der Waals surface area contributed by atoms with Gasteiger partial charge in [-0.15, -0.1) is 0 Å². The van der Waals surface area contributed by atoms with Gasteiger partial charge in [0.05, 0.1) is 6.26 Å². The van der Waals surface area contributed by atoms with E-state index in [4.69, 9.17) is 0 Å². The second-order valence-electron chi connectivity index (χ2n) is 4.85. The lowest BCUT2D eigenvalue weighted by Crippen LogP contribution is -2.30. The topological polar surface area (TPSA) is 58.2 Å². The van der Waals surface area contributed by atoms with Gasteiger partial charge in [-0.3, -0.25) is 0 Å². The van der Waals surface area contributed by atoms with E-state index >= 15 is 0 Å². The highest BCUT2D eigenvalue weighted by molar-refractivity contribution is 7.88. The van der Waals surface area contributed by atoms with Crippen molar-refractivity contribution in [2.45, 2.75) is 46.1 Å². The minimum absolute atomic E-state index is 0.514. The molecule has 0 heterocycles. The van der Waals surface area contributed by atoms with Crippen molar-refractivity contribution in [1.82, 2.24) is 10.0 Å². The number of rotatable bonds is 9. The fraction of sp³-hybridized carbons (Fsp3) is 1.00. The van der Waals surface area contributed by atoms with Gasteiger partial charge in [0.15, 0.2) is 0 Å². The van der Waals surface area contributed by atoms with Crippen LogP contribution in [0.4, 0.5) is 0 Å². The Morgan fingerprint density at radius 2 is 1.69 bits per heavy atom. The maximum atomic E-state index is 10.8. The number of nitrogens with one attached hydrogen (secondary N) is 2. The number of hydrogen-bond donors (Lipinski definition) is 2. The normalized spacial score (nSPS) is 14.3. The first kappa shape index (κ1) is 15.9. The Hall–Kier alpha value is -0.130. The molecule has 1 unspecified atom stereocenters. The van der Waals surface area contributed by atoms with E-state index in [1.807, 2.05) is 0 Å². The smallest absolute Gasteiger partial charge is 0.208 e. The van der Waals surface area contributed by atoms with E-state index < -0.39 is 10.0 Å². The summed E-state index contributed by atoms with van der Waals surface area (Å²) in [4.78, 5) is 0. The molecule has 0 aromatic heterocycles. The molecular weight excluding hydrogens is 224 g/mol. The third kappa shape index (κ3) is 11.9. The van der Waals surface area contributed by atoms with Crippen LogP contribution < -0.4 is 10.0 Å². The van der Waals surface area contributed by atoms with Crippen molar-refractivity contribution in [1.29, 1.82) is 0 Å². The SMILES string of the molecule is CC(C)CCC(C)NCCCNS(C)(=O)=O. The standard InChI is InChI=1S/C11H26N2O2S/c1-10(2)6-7-11(3)12-8-5-9-13-16(4,14)15/h10-13H,5-9H2,1-4H3. The van der Waals surface area contributed by atoms with Crippen LogP contribution in [0.3, 0.4) is 0 Å². The Morgan fingerprint density at radius 1 is 1.06 bits per heavy atom. The average Bonchev–Trinajstić information content (AvgIpc) is 2.12. The third-order valence-electron chi connectivity index (χ3n) is 2.39. The monoisotopic (exact) mass is 250 g/mol. The summed E-state index contributed by atoms with van der Waals surface area (Å²) in [6.07, 6.45) is 4.43. The van der Waals surface area contributed by atoms with E-state index in [0.717, 1.165) is 18.9 Å². The van der Waals surface area contributed by atoms with Crippen LogP contribution in [-0.2, 0) is 10.0 Å². The molecule has 0 radical (unpaired) electrons. The molecule has 0 fully saturated rings. The van der Waals surface area contributed by atoms with Crippen LogP contribution in [0, 0.1) is 5.92 Å². The number of hydrogen-bond acceptors (Lipinski definition) is 3. The zero-order valence-electron chi connectivity index (χ0n) is 10.9. The quantitative estimate of drug-likeness (QED) is 0.607. The molecule has 0 aliphatic heterocycles. The molecule has 0 amide bonds. The van der Waals surface area contributed by atoms with Crippen molar-refractivity contribution in [2.75, 3.05) is 19.3 Å². The molecule has 0 bridgehead atoms. The predicted molar refractivity (Wildman–Crippen MR) is 69.0 cm³/mol. The van der Waals surface area contributed by atoms with Gasteiger partial charge in [0, 0.05) is 12.6 Å². The van der Waals surface area contributed by atoms with Crippen molar-refractivity contribution >= 4 is 10.0 Å². The zero-order valence-corrected chi connectivity index (χ0v) is 11.7. The van der Waals surface area contributed by atoms with Gasteiger partial charge >= 0.3 is 0 Å². The lowest BCUT2D eigenvalue weighted by molar-refractivity contribution is 0.448. The maximum Gasteiger partial charge on any atom is 0.208 e. The highest BCUT2D eigenvalue weighted by Gasteiger charge is 2.03. The van der Waals surface area contributed by atoms with Crippen molar-refractivity contribution in [3.63, 3.8) is 0 Å². The minimum Gasteiger partial charge on any atom is -0.314 e. The van der Waals surface area contributed by atoms with Crippen LogP contribution in [0.25, 0.3) is 0 Å². The van der Waals surface area contributed by atoms with Gasteiger partial charge in [-0.05, 0) is 38.6 Å². The summed E-state index contributed by atoms with van der Waals surface area (Å²) in [6, 6.07) is 0.514. The first-order valence-electron chi connectivity index (χ1n) is 5.99. The lowest BCUT2D eigenvalue weighted by Gasteiger charge is -2.14. The van der Waals surface area contributed by atoms with Crippen LogP contribution in [0.2, 0.25) is 0 Å². The summed E-state index contributed by atoms with van der Waals surface area (Å²) in [5.41, 5.74) is 0. The first-order valence-corrected chi connectivity index (χ1v) is 7.88. The molecule has 0 aromatic rings. The summed E-state index contributed by atoms with van der Waals surface area (Å²) in [5.74, 6) is 0.746. The molecule has 0 saturated carbocycles. The van der Waals surface area contributed by atoms with E-state index in [2.05, 4.69) is 30.8 Å².